The van der Waals surface area contributed by atoms with Crippen LogP contribution < -0.4 is 4.74 Å². The van der Waals surface area contributed by atoms with Crippen molar-refractivity contribution in [1.82, 2.24) is 9.97 Å². The van der Waals surface area contributed by atoms with Gasteiger partial charge in [0.15, 0.2) is 11.4 Å². The number of ether oxygens (including phenoxy) is 1. The molecule has 5 heteroatoms. The molecule has 0 N–H and O–H groups in total. The number of hydrogen-bond donors (Lipinski definition) is 0. The van der Waals surface area contributed by atoms with E-state index in [4.69, 9.17) is 9.72 Å². The van der Waals surface area contributed by atoms with Crippen molar-refractivity contribution in [3.63, 3.8) is 0 Å². The number of ketones is 1. The number of carbonyl (C=O) groups is 1. The minimum atomic E-state index is -0.0589. The highest BCUT2D eigenvalue weighted by Gasteiger charge is 2.30. The zero-order valence-electron chi connectivity index (χ0n) is 15.6. The molecule has 0 saturated heterocycles. The lowest BCUT2D eigenvalue weighted by Crippen LogP contribution is -2.03. The second-order valence-corrected chi connectivity index (χ2v) is 6.71. The molecule has 29 heavy (non-hydrogen) atoms. The van der Waals surface area contributed by atoms with Crippen LogP contribution in [0.5, 0.6) is 5.88 Å². The highest BCUT2D eigenvalue weighted by Crippen LogP contribution is 2.41. The molecule has 0 spiro atoms. The molecule has 0 radical (unpaired) electrons. The fourth-order valence-electron chi connectivity index (χ4n) is 3.83. The maximum absolute atomic E-state index is 13.0. The van der Waals surface area contributed by atoms with Crippen LogP contribution in [0.15, 0.2) is 60.7 Å². The summed E-state index contributed by atoms with van der Waals surface area (Å²) < 4.78 is 5.67. The number of pyridine rings is 2. The van der Waals surface area contributed by atoms with Gasteiger partial charge in [-0.05, 0) is 18.6 Å². The Morgan fingerprint density at radius 1 is 0.966 bits per heavy atom. The lowest BCUT2D eigenvalue weighted by Gasteiger charge is -2.13. The van der Waals surface area contributed by atoms with E-state index in [1.54, 1.807) is 0 Å². The molecule has 0 bridgehead atoms. The van der Waals surface area contributed by atoms with Crippen molar-refractivity contribution in [2.45, 2.75) is 6.92 Å². The summed E-state index contributed by atoms with van der Waals surface area (Å²) in [6, 6.07) is 21.1. The molecule has 138 valence electrons. The van der Waals surface area contributed by atoms with Gasteiger partial charge in [-0.15, -0.1) is 0 Å². The Morgan fingerprint density at radius 3 is 2.41 bits per heavy atom. The predicted molar refractivity (Wildman–Crippen MR) is 110 cm³/mol. The zero-order chi connectivity index (χ0) is 20.0. The molecule has 1 aliphatic carbocycles. The molecular formula is C24H15N3O2. The van der Waals surface area contributed by atoms with Crippen molar-refractivity contribution < 1.29 is 9.53 Å². The molecule has 0 atom stereocenters. The molecule has 2 heterocycles. The third-order valence-electron chi connectivity index (χ3n) is 5.07. The van der Waals surface area contributed by atoms with Gasteiger partial charge in [0.25, 0.3) is 0 Å². The molecule has 0 saturated carbocycles. The van der Waals surface area contributed by atoms with Crippen molar-refractivity contribution in [3.05, 3.63) is 77.4 Å². The highest BCUT2D eigenvalue weighted by atomic mass is 16.5. The van der Waals surface area contributed by atoms with E-state index in [1.807, 2.05) is 67.6 Å². The molecule has 2 aromatic heterocycles. The summed E-state index contributed by atoms with van der Waals surface area (Å²) in [7, 11) is 0. The standard InChI is InChI=1S/C24H15N3O2/c1-2-29-24-19(13-25)20(14-8-4-3-5-9-14)17-12-18-21(26-23(17)27-24)15-10-6-7-11-16(15)22(18)28/h3-12H,2H2,1H3. The maximum Gasteiger partial charge on any atom is 0.234 e. The summed E-state index contributed by atoms with van der Waals surface area (Å²) in [5.74, 6) is 0.197. The largest absolute Gasteiger partial charge is 0.477 e. The molecule has 0 fully saturated rings. The average Bonchev–Trinajstić information content (AvgIpc) is 3.04. The summed E-state index contributed by atoms with van der Waals surface area (Å²) in [4.78, 5) is 22.2. The van der Waals surface area contributed by atoms with Gasteiger partial charge in [0, 0.05) is 27.6 Å². The number of aromatic nitrogens is 2. The first-order valence-electron chi connectivity index (χ1n) is 9.34. The van der Waals surface area contributed by atoms with Gasteiger partial charge >= 0.3 is 0 Å². The molecule has 0 unspecified atom stereocenters. The van der Waals surface area contributed by atoms with Crippen LogP contribution in [0.3, 0.4) is 0 Å². The van der Waals surface area contributed by atoms with E-state index in [0.29, 0.717) is 45.6 Å². The van der Waals surface area contributed by atoms with Gasteiger partial charge in [0.1, 0.15) is 11.6 Å². The van der Waals surface area contributed by atoms with Crippen LogP contribution in [0.1, 0.15) is 28.4 Å². The van der Waals surface area contributed by atoms with Gasteiger partial charge in [-0.1, -0.05) is 54.6 Å². The average molecular weight is 377 g/mol. The lowest BCUT2D eigenvalue weighted by molar-refractivity contribution is 0.104. The monoisotopic (exact) mass is 377 g/mol. The number of benzene rings is 2. The van der Waals surface area contributed by atoms with E-state index in [2.05, 4.69) is 11.1 Å². The second-order valence-electron chi connectivity index (χ2n) is 6.71. The number of rotatable bonds is 3. The summed E-state index contributed by atoms with van der Waals surface area (Å²) in [5.41, 5.74) is 4.92. The fourth-order valence-corrected chi connectivity index (χ4v) is 3.83. The van der Waals surface area contributed by atoms with Crippen LogP contribution in [0, 0.1) is 11.3 Å². The molecule has 4 aromatic rings. The van der Waals surface area contributed by atoms with Gasteiger partial charge in [0.2, 0.25) is 5.88 Å². The Bertz CT molecular complexity index is 1340. The summed E-state index contributed by atoms with van der Waals surface area (Å²) >= 11 is 0. The van der Waals surface area contributed by atoms with Crippen LogP contribution in [0.4, 0.5) is 0 Å². The Labute approximate surface area is 167 Å². The van der Waals surface area contributed by atoms with E-state index < -0.39 is 0 Å². The topological polar surface area (TPSA) is 75.9 Å². The third kappa shape index (κ3) is 2.50. The first-order chi connectivity index (χ1) is 14.2. The SMILES string of the molecule is CCOc1nc2nc3c(cc2c(-c2ccccc2)c1C#N)C(=O)c1ccccc1-3. The molecule has 0 amide bonds. The third-order valence-corrected chi connectivity index (χ3v) is 5.07. The number of nitriles is 1. The first-order valence-corrected chi connectivity index (χ1v) is 9.34. The molecule has 1 aliphatic rings. The molecule has 0 aliphatic heterocycles. The normalized spacial score (nSPS) is 11.8. The molecule has 5 rings (SSSR count). The number of nitrogens with zero attached hydrogens (tertiary/aromatic N) is 3. The molecule has 5 nitrogen and oxygen atoms in total. The highest BCUT2D eigenvalue weighted by molar-refractivity contribution is 6.22. The Balaban J connectivity index is 1.90. The first kappa shape index (κ1) is 17.1. The van der Waals surface area contributed by atoms with Gasteiger partial charge in [0.05, 0.1) is 12.3 Å². The van der Waals surface area contributed by atoms with Crippen molar-refractivity contribution in [1.29, 1.82) is 5.26 Å². The predicted octanol–water partition coefficient (Wildman–Crippen LogP) is 4.78. The van der Waals surface area contributed by atoms with E-state index in [9.17, 15) is 10.1 Å². The van der Waals surface area contributed by atoms with Crippen molar-refractivity contribution >= 4 is 16.8 Å². The Morgan fingerprint density at radius 2 is 1.69 bits per heavy atom. The van der Waals surface area contributed by atoms with Crippen LogP contribution in [0.25, 0.3) is 33.4 Å². The van der Waals surface area contributed by atoms with Crippen LogP contribution in [-0.2, 0) is 0 Å². The van der Waals surface area contributed by atoms with Gasteiger partial charge in [-0.25, -0.2) is 4.98 Å². The van der Waals surface area contributed by atoms with Crippen molar-refractivity contribution in [2.75, 3.05) is 6.61 Å². The summed E-state index contributed by atoms with van der Waals surface area (Å²) in [6.45, 7) is 2.23. The van der Waals surface area contributed by atoms with E-state index in [0.717, 1.165) is 11.1 Å². The number of hydrogen-bond acceptors (Lipinski definition) is 5. The minimum Gasteiger partial charge on any atom is -0.477 e. The molecular weight excluding hydrogens is 362 g/mol. The minimum absolute atomic E-state index is 0.0589. The van der Waals surface area contributed by atoms with Crippen LogP contribution >= 0.6 is 0 Å². The van der Waals surface area contributed by atoms with Crippen LogP contribution in [-0.4, -0.2) is 22.4 Å². The van der Waals surface area contributed by atoms with Crippen molar-refractivity contribution in [3.8, 4) is 34.3 Å². The second kappa shape index (κ2) is 6.54. The van der Waals surface area contributed by atoms with Crippen molar-refractivity contribution in [2.24, 2.45) is 0 Å². The number of carbonyl (C=O) groups excluding carboxylic acids is 1. The fraction of sp³-hybridized carbons (Fsp3) is 0.0833. The van der Waals surface area contributed by atoms with Crippen LogP contribution in [0.2, 0.25) is 0 Å². The van der Waals surface area contributed by atoms with E-state index in [-0.39, 0.29) is 11.7 Å². The van der Waals surface area contributed by atoms with Gasteiger partial charge in [-0.3, -0.25) is 4.79 Å². The van der Waals surface area contributed by atoms with E-state index >= 15 is 0 Å². The smallest absolute Gasteiger partial charge is 0.234 e. The Kier molecular flexibility index (Phi) is 3.85. The van der Waals surface area contributed by atoms with Gasteiger partial charge < -0.3 is 4.74 Å². The number of fused-ring (bicyclic) bond motifs is 4. The summed E-state index contributed by atoms with van der Waals surface area (Å²) in [5, 5.41) is 10.5. The zero-order valence-corrected chi connectivity index (χ0v) is 15.6. The van der Waals surface area contributed by atoms with E-state index in [1.165, 1.54) is 0 Å². The molecule has 2 aromatic carbocycles. The Hall–Kier alpha value is -4.04. The summed E-state index contributed by atoms with van der Waals surface area (Å²) in [6.07, 6.45) is 0. The maximum atomic E-state index is 13.0. The quantitative estimate of drug-likeness (QED) is 0.452. The lowest BCUT2D eigenvalue weighted by atomic mass is 9.96. The van der Waals surface area contributed by atoms with Gasteiger partial charge in [-0.2, -0.15) is 10.2 Å².